The summed E-state index contributed by atoms with van der Waals surface area (Å²) in [4.78, 5) is 12.1. The van der Waals surface area contributed by atoms with Gasteiger partial charge in [0.15, 0.2) is 0 Å². The molecule has 18 heavy (non-hydrogen) atoms. The van der Waals surface area contributed by atoms with E-state index in [1.165, 1.54) is 0 Å². The van der Waals surface area contributed by atoms with Crippen LogP contribution >= 0.6 is 0 Å². The number of amides is 1. The summed E-state index contributed by atoms with van der Waals surface area (Å²) in [7, 11) is 1.60. The molecule has 0 aliphatic carbocycles. The number of aromatic hydroxyl groups is 1. The second-order valence-corrected chi connectivity index (χ2v) is 4.75. The average Bonchev–Trinajstić information content (AvgIpc) is 2.31. The number of carbonyl (C=O) groups excluding carboxylic acids is 1. The zero-order chi connectivity index (χ0) is 13.7. The first-order valence-corrected chi connectivity index (χ1v) is 6.05. The molecule has 0 heterocycles. The van der Waals surface area contributed by atoms with Gasteiger partial charge in [-0.2, -0.15) is 0 Å². The Kier molecular flexibility index (Phi) is 5.16. The average molecular weight is 251 g/mol. The third-order valence-electron chi connectivity index (χ3n) is 2.95. The van der Waals surface area contributed by atoms with Crippen LogP contribution in [0.3, 0.4) is 0 Å². The van der Waals surface area contributed by atoms with Crippen LogP contribution in [-0.2, 0) is 4.74 Å². The van der Waals surface area contributed by atoms with Crippen molar-refractivity contribution in [2.45, 2.75) is 26.8 Å². The highest BCUT2D eigenvalue weighted by Gasteiger charge is 2.19. The Morgan fingerprint density at radius 3 is 2.67 bits per heavy atom. The summed E-state index contributed by atoms with van der Waals surface area (Å²) in [5.74, 6) is 0.0303. The molecule has 4 heteroatoms. The summed E-state index contributed by atoms with van der Waals surface area (Å²) in [5.41, 5.74) is 0.993. The molecular weight excluding hydrogens is 230 g/mol. The quantitative estimate of drug-likeness (QED) is 0.842. The third kappa shape index (κ3) is 3.47. The van der Waals surface area contributed by atoms with Crippen molar-refractivity contribution in [2.75, 3.05) is 13.7 Å². The lowest BCUT2D eigenvalue weighted by Gasteiger charge is -2.21. The first-order chi connectivity index (χ1) is 8.47. The van der Waals surface area contributed by atoms with E-state index in [2.05, 4.69) is 5.32 Å². The predicted molar refractivity (Wildman–Crippen MR) is 70.8 cm³/mol. The van der Waals surface area contributed by atoms with Gasteiger partial charge in [-0.3, -0.25) is 4.79 Å². The number of carbonyl (C=O) groups is 1. The number of phenolic OH excluding ortho intramolecular Hbond substituents is 1. The zero-order valence-corrected chi connectivity index (χ0v) is 11.4. The summed E-state index contributed by atoms with van der Waals surface area (Å²) < 4.78 is 5.08. The van der Waals surface area contributed by atoms with E-state index in [4.69, 9.17) is 4.74 Å². The van der Waals surface area contributed by atoms with Gasteiger partial charge in [0.05, 0.1) is 18.2 Å². The van der Waals surface area contributed by atoms with E-state index in [9.17, 15) is 9.90 Å². The molecule has 1 atom stereocenters. The summed E-state index contributed by atoms with van der Waals surface area (Å²) >= 11 is 0. The molecule has 0 saturated heterocycles. The number of rotatable bonds is 5. The van der Waals surface area contributed by atoms with Crippen LogP contribution in [0.15, 0.2) is 18.2 Å². The van der Waals surface area contributed by atoms with Gasteiger partial charge in [-0.05, 0) is 24.5 Å². The smallest absolute Gasteiger partial charge is 0.255 e. The first kappa shape index (κ1) is 14.5. The molecule has 4 nitrogen and oxygen atoms in total. The minimum absolute atomic E-state index is 0.0370. The van der Waals surface area contributed by atoms with Gasteiger partial charge in [0, 0.05) is 7.11 Å². The number of nitrogens with one attached hydrogen (secondary N) is 1. The number of methoxy groups -OCH3 is 1. The normalized spacial score (nSPS) is 12.5. The van der Waals surface area contributed by atoms with Crippen LogP contribution in [0.5, 0.6) is 5.75 Å². The highest BCUT2D eigenvalue weighted by molar-refractivity contribution is 5.97. The van der Waals surface area contributed by atoms with Gasteiger partial charge in [-0.15, -0.1) is 0 Å². The maximum Gasteiger partial charge on any atom is 0.255 e. The first-order valence-electron chi connectivity index (χ1n) is 6.05. The molecule has 0 fully saturated rings. The van der Waals surface area contributed by atoms with Crippen molar-refractivity contribution in [3.63, 3.8) is 0 Å². The lowest BCUT2D eigenvalue weighted by atomic mass is 10.0. The number of aryl methyl sites for hydroxylation is 1. The SMILES string of the molecule is COCC(NC(=O)c1cccc(C)c1O)C(C)C. The van der Waals surface area contributed by atoms with Crippen LogP contribution in [0.4, 0.5) is 0 Å². The van der Waals surface area contributed by atoms with Crippen molar-refractivity contribution in [2.24, 2.45) is 5.92 Å². The second kappa shape index (κ2) is 6.40. The van der Waals surface area contributed by atoms with Gasteiger partial charge < -0.3 is 15.2 Å². The fraction of sp³-hybridized carbons (Fsp3) is 0.500. The lowest BCUT2D eigenvalue weighted by Crippen LogP contribution is -2.41. The summed E-state index contributed by atoms with van der Waals surface area (Å²) in [6.45, 7) is 6.25. The van der Waals surface area contributed by atoms with E-state index >= 15 is 0 Å². The molecule has 0 bridgehead atoms. The Balaban J connectivity index is 2.84. The topological polar surface area (TPSA) is 58.6 Å². The van der Waals surface area contributed by atoms with Gasteiger partial charge in [0.1, 0.15) is 5.75 Å². The monoisotopic (exact) mass is 251 g/mol. The Hall–Kier alpha value is -1.55. The van der Waals surface area contributed by atoms with E-state index in [1.54, 1.807) is 32.2 Å². The maximum absolute atomic E-state index is 12.1. The lowest BCUT2D eigenvalue weighted by molar-refractivity contribution is 0.0864. The van der Waals surface area contributed by atoms with E-state index in [1.807, 2.05) is 13.8 Å². The fourth-order valence-electron chi connectivity index (χ4n) is 1.67. The summed E-state index contributed by atoms with van der Waals surface area (Å²) in [6, 6.07) is 5.07. The standard InChI is InChI=1S/C14H21NO3/c1-9(2)12(8-18-4)15-14(17)11-7-5-6-10(3)13(11)16/h5-7,9,12,16H,8H2,1-4H3,(H,15,17). The summed E-state index contributed by atoms with van der Waals surface area (Å²) in [5, 5.41) is 12.7. The molecule has 1 aromatic carbocycles. The second-order valence-electron chi connectivity index (χ2n) is 4.75. The number of ether oxygens (including phenoxy) is 1. The van der Waals surface area contributed by atoms with E-state index in [-0.39, 0.29) is 23.6 Å². The number of hydrogen-bond donors (Lipinski definition) is 2. The molecule has 1 aromatic rings. The Labute approximate surface area is 108 Å². The number of para-hydroxylation sites is 1. The molecule has 0 aromatic heterocycles. The molecule has 0 saturated carbocycles. The van der Waals surface area contributed by atoms with Crippen molar-refractivity contribution in [1.82, 2.24) is 5.32 Å². The number of hydrogen-bond acceptors (Lipinski definition) is 3. The highest BCUT2D eigenvalue weighted by Crippen LogP contribution is 2.21. The molecule has 0 aliphatic rings. The predicted octanol–water partition coefficient (Wildman–Crippen LogP) is 2.10. The minimum atomic E-state index is -0.271. The maximum atomic E-state index is 12.1. The molecular formula is C14H21NO3. The van der Waals surface area contributed by atoms with E-state index in [0.29, 0.717) is 17.7 Å². The largest absolute Gasteiger partial charge is 0.507 e. The van der Waals surface area contributed by atoms with Crippen molar-refractivity contribution in [1.29, 1.82) is 0 Å². The minimum Gasteiger partial charge on any atom is -0.507 e. The van der Waals surface area contributed by atoms with Gasteiger partial charge in [0.25, 0.3) is 5.91 Å². The van der Waals surface area contributed by atoms with E-state index in [0.717, 1.165) is 0 Å². The van der Waals surface area contributed by atoms with Crippen LogP contribution in [-0.4, -0.2) is 30.8 Å². The summed E-state index contributed by atoms with van der Waals surface area (Å²) in [6.07, 6.45) is 0. The van der Waals surface area contributed by atoms with Crippen molar-refractivity contribution in [3.8, 4) is 5.75 Å². The van der Waals surface area contributed by atoms with Gasteiger partial charge in [0.2, 0.25) is 0 Å². The van der Waals surface area contributed by atoms with Crippen LogP contribution < -0.4 is 5.32 Å². The van der Waals surface area contributed by atoms with Gasteiger partial charge in [-0.1, -0.05) is 26.0 Å². The zero-order valence-electron chi connectivity index (χ0n) is 11.4. The molecule has 1 rings (SSSR count). The molecule has 100 valence electrons. The van der Waals surface area contributed by atoms with Crippen LogP contribution in [0.1, 0.15) is 29.8 Å². The Morgan fingerprint density at radius 2 is 2.11 bits per heavy atom. The van der Waals surface area contributed by atoms with Crippen LogP contribution in [0.2, 0.25) is 0 Å². The van der Waals surface area contributed by atoms with Gasteiger partial charge >= 0.3 is 0 Å². The Bertz CT molecular complexity index is 416. The molecule has 0 radical (unpaired) electrons. The third-order valence-corrected chi connectivity index (χ3v) is 2.95. The highest BCUT2D eigenvalue weighted by atomic mass is 16.5. The molecule has 2 N–H and O–H groups in total. The van der Waals surface area contributed by atoms with Crippen molar-refractivity contribution in [3.05, 3.63) is 29.3 Å². The van der Waals surface area contributed by atoms with Crippen LogP contribution in [0.25, 0.3) is 0 Å². The molecule has 0 aliphatic heterocycles. The van der Waals surface area contributed by atoms with Crippen molar-refractivity contribution < 1.29 is 14.6 Å². The van der Waals surface area contributed by atoms with Crippen LogP contribution in [0, 0.1) is 12.8 Å². The Morgan fingerprint density at radius 1 is 1.44 bits per heavy atom. The van der Waals surface area contributed by atoms with Crippen molar-refractivity contribution >= 4 is 5.91 Å². The molecule has 1 unspecified atom stereocenters. The van der Waals surface area contributed by atoms with Gasteiger partial charge in [-0.25, -0.2) is 0 Å². The van der Waals surface area contributed by atoms with E-state index < -0.39 is 0 Å². The molecule has 0 spiro atoms. The fourth-order valence-corrected chi connectivity index (χ4v) is 1.67. The molecule has 1 amide bonds. The number of benzene rings is 1. The number of phenols is 1.